The summed E-state index contributed by atoms with van der Waals surface area (Å²) in [7, 11) is 0. The quantitative estimate of drug-likeness (QED) is 0.238. The Bertz CT molecular complexity index is 127. The highest BCUT2D eigenvalue weighted by Crippen LogP contribution is 1.76. The van der Waals surface area contributed by atoms with Gasteiger partial charge < -0.3 is 0 Å². The van der Waals surface area contributed by atoms with E-state index in [9.17, 15) is 4.79 Å². The van der Waals surface area contributed by atoms with Gasteiger partial charge in [0.1, 0.15) is 12.8 Å². The highest BCUT2D eigenvalue weighted by atomic mass is 16.2. The lowest BCUT2D eigenvalue weighted by molar-refractivity contribution is -0.440. The van der Waals surface area contributed by atoms with Crippen molar-refractivity contribution in [2.24, 2.45) is 0 Å². The molecule has 0 aromatic carbocycles. The molecule has 2 nitrogen and oxygen atoms in total. The maximum absolute atomic E-state index is 10.7. The number of amides is 1. The SMILES string of the molecule is CC(=O)/[15N+](=C/[13CH2][13CH3])[13CH2][13CH3]. The van der Waals surface area contributed by atoms with Crippen molar-refractivity contribution in [3.8, 4) is 0 Å². The summed E-state index contributed by atoms with van der Waals surface area (Å²) < 4.78 is 1.71. The van der Waals surface area contributed by atoms with Crippen molar-refractivity contribution in [3.63, 3.8) is 0 Å². The largest absolute Gasteiger partial charge is 0.383 e. The van der Waals surface area contributed by atoms with E-state index in [1.807, 2.05) is 20.1 Å². The number of nitrogens with zero attached hydrogens (tertiary/aromatic N) is 1. The van der Waals surface area contributed by atoms with Crippen LogP contribution in [-0.4, -0.2) is 23.2 Å². The van der Waals surface area contributed by atoms with Crippen LogP contribution in [0.3, 0.4) is 0 Å². The van der Waals surface area contributed by atoms with Gasteiger partial charge in [-0.2, -0.15) is 4.58 Å². The van der Waals surface area contributed by atoms with E-state index in [0.717, 1.165) is 13.0 Å². The van der Waals surface area contributed by atoms with Crippen molar-refractivity contribution in [2.45, 2.75) is 27.2 Å². The summed E-state index contributed by atoms with van der Waals surface area (Å²) in [6.07, 6.45) is 2.83. The van der Waals surface area contributed by atoms with Gasteiger partial charge in [-0.3, -0.25) is 0 Å². The molecule has 0 bridgehead atoms. The van der Waals surface area contributed by atoms with Gasteiger partial charge in [0.05, 0.1) is 6.92 Å². The predicted octanol–water partition coefficient (Wildman–Crippen LogP) is 1.05. The van der Waals surface area contributed by atoms with Crippen molar-refractivity contribution in [1.29, 1.82) is 0 Å². The second-order valence-electron chi connectivity index (χ2n) is 1.90. The molecule has 2 heteroatoms. The van der Waals surface area contributed by atoms with Gasteiger partial charge in [0, 0.05) is 6.42 Å². The van der Waals surface area contributed by atoms with Crippen molar-refractivity contribution >= 4 is 12.1 Å². The summed E-state index contributed by atoms with van der Waals surface area (Å²) in [6.45, 7) is 6.35. The lowest BCUT2D eigenvalue weighted by atomic mass is 10.8. The Morgan fingerprint density at radius 1 is 1.56 bits per heavy atom. The maximum atomic E-state index is 10.7. The molecular formula is C7H14NO+. The van der Waals surface area contributed by atoms with Gasteiger partial charge in [0.15, 0.2) is 0 Å². The molecule has 52 valence electrons. The minimum atomic E-state index is 0.124. The summed E-state index contributed by atoms with van der Waals surface area (Å²) >= 11 is 0. The fraction of sp³-hybridized carbons (Fsp3) is 0.714. The van der Waals surface area contributed by atoms with E-state index < -0.39 is 0 Å². The molecule has 1 amide bonds. The fourth-order valence-electron chi connectivity index (χ4n) is 0.701. The van der Waals surface area contributed by atoms with Crippen LogP contribution < -0.4 is 0 Å². The number of rotatable bonds is 2. The van der Waals surface area contributed by atoms with E-state index in [-0.39, 0.29) is 5.91 Å². The second kappa shape index (κ2) is 4.24. The zero-order chi connectivity index (χ0) is 7.28. The zero-order valence-electron chi connectivity index (χ0n) is 6.35. The molecule has 0 saturated heterocycles. The molecule has 0 saturated carbocycles. The number of hydrogen-bond acceptors (Lipinski definition) is 1. The first-order valence-electron chi connectivity index (χ1n) is 3.32. The summed E-state index contributed by atoms with van der Waals surface area (Å²) in [4.78, 5) is 10.7. The van der Waals surface area contributed by atoms with Gasteiger partial charge in [0.2, 0.25) is 0 Å². The van der Waals surface area contributed by atoms with Gasteiger partial charge in [-0.25, -0.2) is 4.79 Å². The average Bonchev–Trinajstić information content (AvgIpc) is 1.82. The minimum Gasteiger partial charge on any atom is -0.220 e. The molecule has 0 aliphatic carbocycles. The van der Waals surface area contributed by atoms with Crippen LogP contribution in [0.25, 0.3) is 0 Å². The van der Waals surface area contributed by atoms with Gasteiger partial charge in [-0.1, -0.05) is 6.92 Å². The average molecular weight is 133 g/mol. The van der Waals surface area contributed by atoms with E-state index in [1.54, 1.807) is 11.5 Å². The van der Waals surface area contributed by atoms with Crippen molar-refractivity contribution in [2.75, 3.05) is 6.54 Å². The van der Waals surface area contributed by atoms with Crippen molar-refractivity contribution in [3.05, 3.63) is 0 Å². The lowest BCUT2D eigenvalue weighted by Crippen LogP contribution is -2.17. The highest BCUT2D eigenvalue weighted by Gasteiger charge is 2.04. The molecule has 0 fully saturated rings. The summed E-state index contributed by atoms with van der Waals surface area (Å²) in [5.41, 5.74) is 0. The Hall–Kier alpha value is -0.660. The molecule has 0 aromatic heterocycles. The number of carbonyl (C=O) groups excluding carboxylic acids is 1. The van der Waals surface area contributed by atoms with Crippen LogP contribution in [0.15, 0.2) is 0 Å². The highest BCUT2D eigenvalue weighted by molar-refractivity contribution is 5.69. The molecular weight excluding hydrogens is 119 g/mol. The summed E-state index contributed by atoms with van der Waals surface area (Å²) in [5, 5.41) is 0. The topological polar surface area (TPSA) is 20.1 Å². The van der Waals surface area contributed by atoms with Crippen LogP contribution in [0.1, 0.15) is 27.2 Å². The molecule has 0 aliphatic heterocycles. The third-order valence-electron chi connectivity index (χ3n) is 1.15. The summed E-state index contributed by atoms with van der Waals surface area (Å²) in [6, 6.07) is 0. The predicted molar refractivity (Wildman–Crippen MR) is 37.8 cm³/mol. The molecule has 0 N–H and O–H groups in total. The third kappa shape index (κ3) is 3.01. The number of carbonyl (C=O) groups is 1. The molecule has 0 spiro atoms. The minimum absolute atomic E-state index is 0.124. The van der Waals surface area contributed by atoms with E-state index in [1.165, 1.54) is 0 Å². The first-order chi connectivity index (χ1) is 4.22. The van der Waals surface area contributed by atoms with Crippen molar-refractivity contribution < 1.29 is 9.37 Å². The Kier molecular flexibility index (Phi) is 3.93. The molecule has 0 radical (unpaired) electrons. The van der Waals surface area contributed by atoms with Crippen LogP contribution in [0.2, 0.25) is 0 Å². The Morgan fingerprint density at radius 3 is 2.22 bits per heavy atom. The van der Waals surface area contributed by atoms with Gasteiger partial charge in [0.25, 0.3) is 0 Å². The normalized spacial score (nSPS) is 11.7. The third-order valence-corrected chi connectivity index (χ3v) is 1.15. The Balaban J connectivity index is 3.98. The van der Waals surface area contributed by atoms with E-state index >= 15 is 0 Å². The van der Waals surface area contributed by atoms with Crippen LogP contribution >= 0.6 is 0 Å². The van der Waals surface area contributed by atoms with E-state index in [4.69, 9.17) is 0 Å². The van der Waals surface area contributed by atoms with Crippen LogP contribution in [0.5, 0.6) is 0 Å². The standard InChI is InChI=1S/C7H14NO/c1-4-6-8(5-2)7(3)9/h6H,4-5H2,1-3H3/q+1/b8-6+/i1+1,2+1,4+1,5+1,8+1. The molecule has 9 heavy (non-hydrogen) atoms. The molecule has 0 heterocycles. The molecule has 0 aromatic rings. The molecule has 0 atom stereocenters. The maximum Gasteiger partial charge on any atom is 0.383 e. The monoisotopic (exact) mass is 133 g/mol. The zero-order valence-corrected chi connectivity index (χ0v) is 6.35. The molecule has 0 aliphatic rings. The Morgan fingerprint density at radius 2 is 2.11 bits per heavy atom. The molecule has 0 rings (SSSR count). The van der Waals surface area contributed by atoms with Gasteiger partial charge in [-0.15, -0.1) is 0 Å². The number of hydrogen-bond donors (Lipinski definition) is 0. The summed E-state index contributed by atoms with van der Waals surface area (Å²) in [5.74, 6) is 0.124. The lowest BCUT2D eigenvalue weighted by Gasteiger charge is -1.89. The first kappa shape index (κ1) is 8.34. The van der Waals surface area contributed by atoms with E-state index in [2.05, 4.69) is 0 Å². The molecule has 0 unspecified atom stereocenters. The van der Waals surface area contributed by atoms with Crippen molar-refractivity contribution in [1.82, 2.24) is 0 Å². The van der Waals surface area contributed by atoms with Gasteiger partial charge in [-0.05, 0) is 6.92 Å². The van der Waals surface area contributed by atoms with Crippen LogP contribution in [0, 0.1) is 0 Å². The van der Waals surface area contributed by atoms with Gasteiger partial charge >= 0.3 is 5.91 Å². The van der Waals surface area contributed by atoms with Crippen LogP contribution in [0.4, 0.5) is 0 Å². The smallest absolute Gasteiger partial charge is 0.220 e. The van der Waals surface area contributed by atoms with Crippen LogP contribution in [-0.2, 0) is 4.79 Å². The second-order valence-corrected chi connectivity index (χ2v) is 1.90. The first-order valence-corrected chi connectivity index (χ1v) is 3.32. The Labute approximate surface area is 56.2 Å². The fourth-order valence-corrected chi connectivity index (χ4v) is 0.701. The van der Waals surface area contributed by atoms with E-state index in [0.29, 0.717) is 0 Å².